The Morgan fingerprint density at radius 2 is 1.74 bits per heavy atom. The summed E-state index contributed by atoms with van der Waals surface area (Å²) in [5, 5.41) is 0.450. The maximum atomic E-state index is 14.1. The Morgan fingerprint density at radius 1 is 1.08 bits per heavy atom. The van der Waals surface area contributed by atoms with E-state index in [9.17, 15) is 17.6 Å². The van der Waals surface area contributed by atoms with Crippen LogP contribution in [0.5, 0.6) is 11.5 Å². The SMILES string of the molecule is CCN(CC)CCN(C(=O)C1CCCN1S(=O)(=O)c1ccc(F)cc1)c1nc2c(OC)ccc(OC)c2s1. The van der Waals surface area contributed by atoms with Gasteiger partial charge in [0.15, 0.2) is 5.13 Å². The first-order valence-corrected chi connectivity index (χ1v) is 14.8. The molecule has 0 aliphatic carbocycles. The van der Waals surface area contributed by atoms with Gasteiger partial charge in [-0.25, -0.2) is 17.8 Å². The van der Waals surface area contributed by atoms with E-state index in [0.29, 0.717) is 48.1 Å². The van der Waals surface area contributed by atoms with Gasteiger partial charge in [0.05, 0.1) is 19.1 Å². The molecule has 3 aromatic rings. The minimum atomic E-state index is -4.00. The summed E-state index contributed by atoms with van der Waals surface area (Å²) in [5.41, 5.74) is 0.578. The van der Waals surface area contributed by atoms with Gasteiger partial charge in [-0.15, -0.1) is 0 Å². The lowest BCUT2D eigenvalue weighted by Gasteiger charge is -2.30. The Balaban J connectivity index is 1.73. The van der Waals surface area contributed by atoms with E-state index in [-0.39, 0.29) is 17.3 Å². The van der Waals surface area contributed by atoms with Gasteiger partial charge in [-0.05, 0) is 62.3 Å². The summed E-state index contributed by atoms with van der Waals surface area (Å²) in [7, 11) is -0.874. The van der Waals surface area contributed by atoms with Gasteiger partial charge in [-0.1, -0.05) is 25.2 Å². The first-order valence-electron chi connectivity index (χ1n) is 12.6. The van der Waals surface area contributed by atoms with E-state index in [1.54, 1.807) is 31.3 Å². The quantitative estimate of drug-likeness (QED) is 0.348. The molecule has 0 saturated carbocycles. The lowest BCUT2D eigenvalue weighted by Crippen LogP contribution is -2.49. The Labute approximate surface area is 226 Å². The van der Waals surface area contributed by atoms with Crippen LogP contribution in [-0.4, -0.2) is 81.5 Å². The molecule has 0 radical (unpaired) electrons. The third-order valence-corrected chi connectivity index (χ3v) is 9.85. The second kappa shape index (κ2) is 11.9. The molecule has 12 heteroatoms. The number of fused-ring (bicyclic) bond motifs is 1. The van der Waals surface area contributed by atoms with E-state index >= 15 is 0 Å². The maximum absolute atomic E-state index is 14.1. The molecule has 1 fully saturated rings. The van der Waals surface area contributed by atoms with Crippen LogP contribution in [0.2, 0.25) is 0 Å². The van der Waals surface area contributed by atoms with E-state index in [0.717, 1.165) is 29.9 Å². The maximum Gasteiger partial charge on any atom is 0.247 e. The molecule has 1 aliphatic heterocycles. The number of hydrogen-bond donors (Lipinski definition) is 0. The summed E-state index contributed by atoms with van der Waals surface area (Å²) in [6.07, 6.45) is 0.931. The zero-order valence-electron chi connectivity index (χ0n) is 22.0. The first-order chi connectivity index (χ1) is 18.2. The third-order valence-electron chi connectivity index (χ3n) is 6.84. The summed E-state index contributed by atoms with van der Waals surface area (Å²) in [5.74, 6) is 0.308. The Morgan fingerprint density at radius 3 is 2.37 bits per heavy atom. The average molecular weight is 565 g/mol. The van der Waals surface area contributed by atoms with Crippen molar-refractivity contribution in [3.63, 3.8) is 0 Å². The van der Waals surface area contributed by atoms with Crippen molar-refractivity contribution in [3.8, 4) is 11.5 Å². The summed E-state index contributed by atoms with van der Waals surface area (Å²) < 4.78 is 53.4. The fourth-order valence-electron chi connectivity index (χ4n) is 4.67. The van der Waals surface area contributed by atoms with Gasteiger partial charge < -0.3 is 14.4 Å². The van der Waals surface area contributed by atoms with Gasteiger partial charge in [0, 0.05) is 19.6 Å². The molecule has 4 rings (SSSR count). The number of rotatable bonds is 11. The van der Waals surface area contributed by atoms with Crippen LogP contribution in [0.15, 0.2) is 41.3 Å². The molecular formula is C26H33FN4O5S2. The predicted octanol–water partition coefficient (Wildman–Crippen LogP) is 3.98. The van der Waals surface area contributed by atoms with Crippen LogP contribution in [0.3, 0.4) is 0 Å². The van der Waals surface area contributed by atoms with Crippen molar-refractivity contribution in [1.82, 2.24) is 14.2 Å². The van der Waals surface area contributed by atoms with Gasteiger partial charge in [0.25, 0.3) is 0 Å². The number of nitrogens with zero attached hydrogens (tertiary/aromatic N) is 4. The van der Waals surface area contributed by atoms with E-state index in [1.807, 2.05) is 0 Å². The number of methoxy groups -OCH3 is 2. The molecule has 1 aliphatic rings. The molecule has 1 saturated heterocycles. The van der Waals surface area contributed by atoms with Crippen LogP contribution in [-0.2, 0) is 14.8 Å². The number of aromatic nitrogens is 1. The highest BCUT2D eigenvalue weighted by Gasteiger charge is 2.42. The third kappa shape index (κ3) is 5.49. The lowest BCUT2D eigenvalue weighted by molar-refractivity contribution is -0.121. The number of anilines is 1. The van der Waals surface area contributed by atoms with E-state index in [4.69, 9.17) is 14.5 Å². The summed E-state index contributed by atoms with van der Waals surface area (Å²) in [6.45, 7) is 6.88. The number of carbonyl (C=O) groups is 1. The Kier molecular flexibility index (Phi) is 8.86. The standard InChI is InChI=1S/C26H33FN4O5S2/c1-5-29(6-2)16-17-30(26-28-23-21(35-3)13-14-22(36-4)24(23)37-26)25(32)20-8-7-15-31(20)38(33,34)19-11-9-18(27)10-12-19/h9-14,20H,5-8,15-17H2,1-4H3. The lowest BCUT2D eigenvalue weighted by atomic mass is 10.2. The number of halogens is 1. The second-order valence-corrected chi connectivity index (χ2v) is 11.8. The molecule has 2 heterocycles. The van der Waals surface area contributed by atoms with Crippen LogP contribution >= 0.6 is 11.3 Å². The number of likely N-dealkylation sites (N-methyl/N-ethyl adjacent to an activating group) is 1. The molecule has 2 aromatic carbocycles. The zero-order chi connectivity index (χ0) is 27.4. The molecule has 0 N–H and O–H groups in total. The van der Waals surface area contributed by atoms with Gasteiger partial charge in [0.2, 0.25) is 15.9 Å². The fraction of sp³-hybridized carbons (Fsp3) is 0.462. The van der Waals surface area contributed by atoms with E-state index < -0.39 is 21.9 Å². The molecule has 0 bridgehead atoms. The van der Waals surface area contributed by atoms with Crippen molar-refractivity contribution in [2.45, 2.75) is 37.6 Å². The van der Waals surface area contributed by atoms with Crippen molar-refractivity contribution in [2.75, 3.05) is 51.8 Å². The molecule has 1 aromatic heterocycles. The van der Waals surface area contributed by atoms with Gasteiger partial charge >= 0.3 is 0 Å². The van der Waals surface area contributed by atoms with Crippen molar-refractivity contribution in [3.05, 3.63) is 42.2 Å². The van der Waals surface area contributed by atoms with Crippen LogP contribution in [0, 0.1) is 5.82 Å². The molecule has 0 spiro atoms. The predicted molar refractivity (Wildman–Crippen MR) is 146 cm³/mol. The molecule has 9 nitrogen and oxygen atoms in total. The highest BCUT2D eigenvalue weighted by atomic mass is 32.2. The van der Waals surface area contributed by atoms with Crippen molar-refractivity contribution < 1.29 is 27.1 Å². The van der Waals surface area contributed by atoms with Crippen molar-refractivity contribution in [2.24, 2.45) is 0 Å². The number of amides is 1. The molecule has 1 atom stereocenters. The van der Waals surface area contributed by atoms with E-state index in [1.165, 1.54) is 27.8 Å². The Bertz CT molecular complexity index is 1340. The monoisotopic (exact) mass is 564 g/mol. The smallest absolute Gasteiger partial charge is 0.247 e. The second-order valence-electron chi connectivity index (χ2n) is 8.89. The van der Waals surface area contributed by atoms with E-state index in [2.05, 4.69) is 18.7 Å². The largest absolute Gasteiger partial charge is 0.495 e. The van der Waals surface area contributed by atoms with Crippen LogP contribution in [0.1, 0.15) is 26.7 Å². The van der Waals surface area contributed by atoms with Crippen LogP contribution in [0.25, 0.3) is 10.2 Å². The number of carbonyl (C=O) groups excluding carboxylic acids is 1. The first kappa shape index (κ1) is 28.2. The summed E-state index contributed by atoms with van der Waals surface area (Å²) in [4.78, 5) is 22.6. The Hall–Kier alpha value is -2.80. The molecule has 1 unspecified atom stereocenters. The van der Waals surface area contributed by atoms with Gasteiger partial charge in [-0.3, -0.25) is 9.69 Å². The van der Waals surface area contributed by atoms with Crippen molar-refractivity contribution in [1.29, 1.82) is 0 Å². The number of benzene rings is 2. The molecular weight excluding hydrogens is 531 g/mol. The van der Waals surface area contributed by atoms with Crippen molar-refractivity contribution >= 4 is 42.6 Å². The number of thiazole rings is 1. The number of hydrogen-bond acceptors (Lipinski definition) is 8. The minimum absolute atomic E-state index is 0.0391. The molecule has 1 amide bonds. The van der Waals surface area contributed by atoms with Crippen LogP contribution < -0.4 is 14.4 Å². The average Bonchev–Trinajstić information content (AvgIpc) is 3.59. The highest BCUT2D eigenvalue weighted by molar-refractivity contribution is 7.89. The topological polar surface area (TPSA) is 92.3 Å². The highest BCUT2D eigenvalue weighted by Crippen LogP contribution is 2.41. The number of ether oxygens (including phenoxy) is 2. The van der Waals surface area contributed by atoms with Gasteiger partial charge in [0.1, 0.15) is 33.6 Å². The van der Waals surface area contributed by atoms with Gasteiger partial charge in [-0.2, -0.15) is 4.31 Å². The molecule has 38 heavy (non-hydrogen) atoms. The molecule has 206 valence electrons. The summed E-state index contributed by atoms with van der Waals surface area (Å²) >= 11 is 1.31. The number of sulfonamides is 1. The minimum Gasteiger partial charge on any atom is -0.495 e. The normalized spacial score (nSPS) is 16.3. The summed E-state index contributed by atoms with van der Waals surface area (Å²) in [6, 6.07) is 7.34. The van der Waals surface area contributed by atoms with Crippen LogP contribution in [0.4, 0.5) is 9.52 Å². The zero-order valence-corrected chi connectivity index (χ0v) is 23.6. The fourth-order valence-corrected chi connectivity index (χ4v) is 7.42.